The molecular weight excluding hydrogens is 262 g/mol. The Hall–Kier alpha value is -2.80. The van der Waals surface area contributed by atoms with E-state index in [9.17, 15) is 0 Å². The number of aromatic nitrogens is 2. The topological polar surface area (TPSA) is 50.8 Å². The van der Waals surface area contributed by atoms with E-state index in [1.165, 1.54) is 5.56 Å². The Bertz CT molecular complexity index is 902. The number of aryl methyl sites for hydroxylation is 1. The third-order valence-corrected chi connectivity index (χ3v) is 3.96. The van der Waals surface area contributed by atoms with Gasteiger partial charge in [0.25, 0.3) is 0 Å². The van der Waals surface area contributed by atoms with E-state index in [-0.39, 0.29) is 0 Å². The van der Waals surface area contributed by atoms with Crippen LogP contribution < -0.4 is 4.74 Å². The highest BCUT2D eigenvalue weighted by molar-refractivity contribution is 5.82. The molecule has 4 heteroatoms. The van der Waals surface area contributed by atoms with Gasteiger partial charge in [0.2, 0.25) is 0 Å². The standard InChI is InChI=1S/C17H13N3O/c1-20-15-4-2-11(10-18)8-14(15)19-17(20)13-3-5-16-12(9-13)6-7-21-16/h2-5,8-9H,6-7H2,1H3. The van der Waals surface area contributed by atoms with Gasteiger partial charge in [-0.05, 0) is 42.0 Å². The Morgan fingerprint density at radius 2 is 2.14 bits per heavy atom. The first-order valence-corrected chi connectivity index (χ1v) is 6.89. The van der Waals surface area contributed by atoms with Gasteiger partial charge < -0.3 is 9.30 Å². The van der Waals surface area contributed by atoms with Gasteiger partial charge in [-0.1, -0.05) is 0 Å². The minimum atomic E-state index is 0.634. The molecule has 4 rings (SSSR count). The zero-order valence-electron chi connectivity index (χ0n) is 11.6. The number of nitriles is 1. The normalized spacial score (nSPS) is 13.0. The van der Waals surface area contributed by atoms with Gasteiger partial charge >= 0.3 is 0 Å². The smallest absolute Gasteiger partial charge is 0.140 e. The predicted octanol–water partition coefficient (Wildman–Crippen LogP) is 3.05. The van der Waals surface area contributed by atoms with E-state index in [4.69, 9.17) is 10.00 Å². The fourth-order valence-corrected chi connectivity index (χ4v) is 2.85. The van der Waals surface area contributed by atoms with Gasteiger partial charge in [0.15, 0.2) is 0 Å². The molecule has 0 spiro atoms. The maximum atomic E-state index is 9.00. The van der Waals surface area contributed by atoms with Crippen molar-refractivity contribution in [1.29, 1.82) is 5.26 Å². The van der Waals surface area contributed by atoms with Crippen molar-refractivity contribution in [2.75, 3.05) is 6.61 Å². The molecule has 0 unspecified atom stereocenters. The molecule has 2 aromatic carbocycles. The van der Waals surface area contributed by atoms with Crippen LogP contribution in [-0.2, 0) is 13.5 Å². The van der Waals surface area contributed by atoms with Crippen molar-refractivity contribution in [1.82, 2.24) is 9.55 Å². The number of benzene rings is 2. The zero-order valence-corrected chi connectivity index (χ0v) is 11.6. The largest absolute Gasteiger partial charge is 0.493 e. The maximum absolute atomic E-state index is 9.00. The first kappa shape index (κ1) is 12.0. The Morgan fingerprint density at radius 1 is 1.24 bits per heavy atom. The second-order valence-corrected chi connectivity index (χ2v) is 5.23. The van der Waals surface area contributed by atoms with Crippen LogP contribution in [0.15, 0.2) is 36.4 Å². The lowest BCUT2D eigenvalue weighted by molar-refractivity contribution is 0.357. The fraction of sp³-hybridized carbons (Fsp3) is 0.176. The SMILES string of the molecule is Cn1c(-c2ccc3c(c2)CCO3)nc2cc(C#N)ccc21. The average molecular weight is 275 g/mol. The number of hydrogen-bond donors (Lipinski definition) is 0. The molecule has 2 heterocycles. The molecule has 1 aliphatic heterocycles. The Labute approximate surface area is 122 Å². The number of nitrogens with zero attached hydrogens (tertiary/aromatic N) is 3. The lowest BCUT2D eigenvalue weighted by Gasteiger charge is -2.04. The van der Waals surface area contributed by atoms with Gasteiger partial charge in [-0.2, -0.15) is 5.26 Å². The highest BCUT2D eigenvalue weighted by Crippen LogP contribution is 2.31. The van der Waals surface area contributed by atoms with Crippen LogP contribution in [0.4, 0.5) is 0 Å². The molecule has 0 atom stereocenters. The summed E-state index contributed by atoms with van der Waals surface area (Å²) in [6.07, 6.45) is 0.950. The quantitative estimate of drug-likeness (QED) is 0.686. The van der Waals surface area contributed by atoms with Crippen LogP contribution in [0.5, 0.6) is 5.75 Å². The summed E-state index contributed by atoms with van der Waals surface area (Å²) < 4.78 is 7.61. The van der Waals surface area contributed by atoms with Crippen LogP contribution in [0.3, 0.4) is 0 Å². The van der Waals surface area contributed by atoms with Crippen molar-refractivity contribution in [2.45, 2.75) is 6.42 Å². The molecule has 0 fully saturated rings. The Kier molecular flexibility index (Phi) is 2.48. The highest BCUT2D eigenvalue weighted by atomic mass is 16.5. The molecule has 0 amide bonds. The van der Waals surface area contributed by atoms with Crippen LogP contribution in [0.25, 0.3) is 22.4 Å². The molecule has 102 valence electrons. The molecule has 0 saturated carbocycles. The summed E-state index contributed by atoms with van der Waals surface area (Å²) in [7, 11) is 2.00. The first-order valence-electron chi connectivity index (χ1n) is 6.89. The number of imidazole rings is 1. The van der Waals surface area contributed by atoms with Crippen LogP contribution in [-0.4, -0.2) is 16.2 Å². The van der Waals surface area contributed by atoms with Gasteiger partial charge in [-0.15, -0.1) is 0 Å². The first-order chi connectivity index (χ1) is 10.3. The number of fused-ring (bicyclic) bond motifs is 2. The van der Waals surface area contributed by atoms with E-state index in [2.05, 4.69) is 21.7 Å². The van der Waals surface area contributed by atoms with E-state index in [1.54, 1.807) is 0 Å². The lowest BCUT2D eigenvalue weighted by Crippen LogP contribution is -1.93. The molecule has 21 heavy (non-hydrogen) atoms. The third-order valence-electron chi connectivity index (χ3n) is 3.96. The molecule has 3 aromatic rings. The summed E-state index contributed by atoms with van der Waals surface area (Å²) in [6.45, 7) is 0.757. The summed E-state index contributed by atoms with van der Waals surface area (Å²) in [5.41, 5.74) is 4.83. The van der Waals surface area contributed by atoms with E-state index in [1.807, 2.05) is 37.4 Å². The summed E-state index contributed by atoms with van der Waals surface area (Å²) in [5.74, 6) is 1.89. The van der Waals surface area contributed by atoms with Gasteiger partial charge in [0, 0.05) is 19.0 Å². The summed E-state index contributed by atoms with van der Waals surface area (Å²) in [6, 6.07) is 14.0. The van der Waals surface area contributed by atoms with Crippen LogP contribution >= 0.6 is 0 Å². The molecule has 1 aliphatic rings. The van der Waals surface area contributed by atoms with Crippen molar-refractivity contribution < 1.29 is 4.74 Å². The van der Waals surface area contributed by atoms with E-state index in [0.29, 0.717) is 5.56 Å². The lowest BCUT2D eigenvalue weighted by atomic mass is 10.1. The van der Waals surface area contributed by atoms with Gasteiger partial charge in [0.1, 0.15) is 11.6 Å². The van der Waals surface area contributed by atoms with Gasteiger partial charge in [-0.3, -0.25) is 0 Å². The highest BCUT2D eigenvalue weighted by Gasteiger charge is 2.15. The molecule has 0 bridgehead atoms. The molecular formula is C17H13N3O. The number of ether oxygens (including phenoxy) is 1. The van der Waals surface area contributed by atoms with Crippen molar-refractivity contribution in [2.24, 2.45) is 7.05 Å². The maximum Gasteiger partial charge on any atom is 0.140 e. The summed E-state index contributed by atoms with van der Waals surface area (Å²) >= 11 is 0. The van der Waals surface area contributed by atoms with Crippen LogP contribution in [0, 0.1) is 11.3 Å². The van der Waals surface area contributed by atoms with E-state index in [0.717, 1.165) is 41.2 Å². The van der Waals surface area contributed by atoms with Crippen LogP contribution in [0.2, 0.25) is 0 Å². The molecule has 0 aliphatic carbocycles. The zero-order chi connectivity index (χ0) is 14.4. The summed E-state index contributed by atoms with van der Waals surface area (Å²) in [4.78, 5) is 4.69. The van der Waals surface area contributed by atoms with Crippen molar-refractivity contribution in [3.63, 3.8) is 0 Å². The monoisotopic (exact) mass is 275 g/mol. The number of hydrogen-bond acceptors (Lipinski definition) is 3. The number of rotatable bonds is 1. The third kappa shape index (κ3) is 1.78. The minimum Gasteiger partial charge on any atom is -0.493 e. The van der Waals surface area contributed by atoms with E-state index >= 15 is 0 Å². The molecule has 4 nitrogen and oxygen atoms in total. The molecule has 0 N–H and O–H groups in total. The van der Waals surface area contributed by atoms with Crippen molar-refractivity contribution >= 4 is 11.0 Å². The van der Waals surface area contributed by atoms with E-state index < -0.39 is 0 Å². The second-order valence-electron chi connectivity index (χ2n) is 5.23. The van der Waals surface area contributed by atoms with Crippen LogP contribution in [0.1, 0.15) is 11.1 Å². The second kappa shape index (κ2) is 4.35. The predicted molar refractivity (Wildman–Crippen MR) is 80.1 cm³/mol. The average Bonchev–Trinajstić information content (AvgIpc) is 3.10. The van der Waals surface area contributed by atoms with Crippen molar-refractivity contribution in [3.05, 3.63) is 47.5 Å². The Balaban J connectivity index is 1.90. The Morgan fingerprint density at radius 3 is 3.00 bits per heavy atom. The summed E-state index contributed by atoms with van der Waals surface area (Å²) in [5, 5.41) is 9.00. The van der Waals surface area contributed by atoms with Gasteiger partial charge in [0.05, 0.1) is 29.3 Å². The fourth-order valence-electron chi connectivity index (χ4n) is 2.85. The minimum absolute atomic E-state index is 0.634. The van der Waals surface area contributed by atoms with Gasteiger partial charge in [-0.25, -0.2) is 4.98 Å². The molecule has 1 aromatic heterocycles. The molecule has 0 radical (unpaired) electrons. The van der Waals surface area contributed by atoms with Crippen molar-refractivity contribution in [3.8, 4) is 23.2 Å². The molecule has 0 saturated heterocycles.